The number of aryl methyl sites for hydroxylation is 6. The van der Waals surface area contributed by atoms with E-state index in [4.69, 9.17) is 0 Å². The first kappa shape index (κ1) is 34.3. The van der Waals surface area contributed by atoms with Gasteiger partial charge in [-0.1, -0.05) is 90.0 Å². The molecule has 5 rings (SSSR count). The summed E-state index contributed by atoms with van der Waals surface area (Å²) in [7, 11) is -9.60. The summed E-state index contributed by atoms with van der Waals surface area (Å²) in [4.78, 5) is -1.20. The standard InChI is InChI=1S/C39H40O6S2/c1-24-17-26(3)36(27(4)18-24)21-30-7-11-32(12-8-30)39(35-16-15-34(46(40,41)42)23-38(35)47(43,44)45)33-13-9-31(10-14-33)22-37-28(5)19-25(2)20-29(37)6/h7-20,23,39H,21-22H2,1-6H3,(H,40,41,42)(H,43,44,45). The summed E-state index contributed by atoms with van der Waals surface area (Å²) in [5.41, 5.74) is 13.7. The summed E-state index contributed by atoms with van der Waals surface area (Å²) in [5.74, 6) is -0.670. The molecule has 0 spiro atoms. The molecule has 0 saturated carbocycles. The van der Waals surface area contributed by atoms with E-state index in [0.29, 0.717) is 0 Å². The zero-order valence-electron chi connectivity index (χ0n) is 27.5. The maximum atomic E-state index is 12.7. The molecule has 0 heterocycles. The number of rotatable bonds is 9. The molecule has 6 nitrogen and oxygen atoms in total. The van der Waals surface area contributed by atoms with E-state index < -0.39 is 35.9 Å². The van der Waals surface area contributed by atoms with Gasteiger partial charge in [0, 0.05) is 5.92 Å². The monoisotopic (exact) mass is 668 g/mol. The van der Waals surface area contributed by atoms with Crippen molar-refractivity contribution < 1.29 is 25.9 Å². The van der Waals surface area contributed by atoms with Crippen LogP contribution in [-0.4, -0.2) is 25.9 Å². The van der Waals surface area contributed by atoms with E-state index in [1.165, 1.54) is 50.6 Å². The minimum absolute atomic E-state index is 0.191. The molecule has 0 aliphatic heterocycles. The van der Waals surface area contributed by atoms with Crippen LogP contribution in [0.25, 0.3) is 0 Å². The molecule has 244 valence electrons. The van der Waals surface area contributed by atoms with Crippen LogP contribution < -0.4 is 0 Å². The first-order valence-electron chi connectivity index (χ1n) is 15.4. The molecule has 0 aromatic heterocycles. The van der Waals surface area contributed by atoms with Crippen molar-refractivity contribution >= 4 is 20.2 Å². The van der Waals surface area contributed by atoms with Gasteiger partial charge in [-0.2, -0.15) is 16.8 Å². The topological polar surface area (TPSA) is 109 Å². The highest BCUT2D eigenvalue weighted by molar-refractivity contribution is 7.86. The molecule has 0 aliphatic carbocycles. The van der Waals surface area contributed by atoms with Gasteiger partial charge in [0.25, 0.3) is 20.2 Å². The van der Waals surface area contributed by atoms with Gasteiger partial charge in [-0.3, -0.25) is 9.11 Å². The van der Waals surface area contributed by atoms with E-state index >= 15 is 0 Å². The molecule has 0 bridgehead atoms. The van der Waals surface area contributed by atoms with Crippen LogP contribution in [0.2, 0.25) is 0 Å². The predicted molar refractivity (Wildman–Crippen MR) is 187 cm³/mol. The molecule has 2 N–H and O–H groups in total. The highest BCUT2D eigenvalue weighted by Gasteiger charge is 2.27. The van der Waals surface area contributed by atoms with Crippen molar-refractivity contribution in [3.8, 4) is 0 Å². The van der Waals surface area contributed by atoms with Crippen molar-refractivity contribution in [1.82, 2.24) is 0 Å². The molecule has 0 atom stereocenters. The zero-order chi connectivity index (χ0) is 34.3. The Morgan fingerprint density at radius 3 is 1.23 bits per heavy atom. The molecule has 5 aromatic rings. The van der Waals surface area contributed by atoms with Crippen LogP contribution in [0.1, 0.15) is 78.2 Å². The third-order valence-electron chi connectivity index (χ3n) is 8.94. The van der Waals surface area contributed by atoms with Crippen LogP contribution in [0.15, 0.2) is 101 Å². The van der Waals surface area contributed by atoms with Crippen molar-refractivity contribution in [1.29, 1.82) is 0 Å². The fraction of sp³-hybridized carbons (Fsp3) is 0.231. The van der Waals surface area contributed by atoms with Crippen LogP contribution in [0.4, 0.5) is 0 Å². The fourth-order valence-electron chi connectivity index (χ4n) is 6.73. The van der Waals surface area contributed by atoms with Gasteiger partial charge >= 0.3 is 0 Å². The smallest absolute Gasteiger partial charge is 0.282 e. The maximum absolute atomic E-state index is 12.7. The quantitative estimate of drug-likeness (QED) is 0.121. The minimum Gasteiger partial charge on any atom is -0.282 e. The zero-order valence-corrected chi connectivity index (χ0v) is 29.1. The van der Waals surface area contributed by atoms with Gasteiger partial charge in [0.2, 0.25) is 0 Å². The Labute approximate surface area is 278 Å². The Hall–Kier alpha value is -4.08. The minimum atomic E-state index is -4.88. The van der Waals surface area contributed by atoms with Gasteiger partial charge in [-0.15, -0.1) is 0 Å². The largest absolute Gasteiger partial charge is 0.294 e. The molecule has 0 amide bonds. The first-order valence-corrected chi connectivity index (χ1v) is 18.3. The van der Waals surface area contributed by atoms with Crippen LogP contribution in [-0.2, 0) is 33.1 Å². The molecule has 0 fully saturated rings. The third-order valence-corrected chi connectivity index (χ3v) is 10.7. The van der Waals surface area contributed by atoms with E-state index in [1.807, 2.05) is 48.5 Å². The average molecular weight is 669 g/mol. The molecular formula is C39H40O6S2. The summed E-state index contributed by atoms with van der Waals surface area (Å²) in [6.45, 7) is 12.6. The van der Waals surface area contributed by atoms with Crippen molar-refractivity contribution in [2.24, 2.45) is 0 Å². The van der Waals surface area contributed by atoms with E-state index in [0.717, 1.165) is 47.2 Å². The normalized spacial score (nSPS) is 12.1. The van der Waals surface area contributed by atoms with E-state index in [1.54, 1.807) is 0 Å². The Morgan fingerprint density at radius 1 is 0.511 bits per heavy atom. The second kappa shape index (κ2) is 13.2. The SMILES string of the molecule is Cc1cc(C)c(Cc2ccc(C(c3ccc(Cc4c(C)cc(C)cc4C)cc3)c3ccc(S(=O)(=O)O)cc3S(=O)(=O)O)cc2)c(C)c1. The van der Waals surface area contributed by atoms with Crippen LogP contribution >= 0.6 is 0 Å². The maximum Gasteiger partial charge on any atom is 0.294 e. The number of benzene rings is 5. The lowest BCUT2D eigenvalue weighted by Crippen LogP contribution is -2.12. The Bertz CT molecular complexity index is 2030. The Balaban J connectivity index is 1.60. The van der Waals surface area contributed by atoms with Crippen molar-refractivity contribution in [2.75, 3.05) is 0 Å². The molecule has 0 unspecified atom stereocenters. The number of hydrogen-bond acceptors (Lipinski definition) is 4. The highest BCUT2D eigenvalue weighted by Crippen LogP contribution is 2.37. The van der Waals surface area contributed by atoms with Crippen LogP contribution in [0.3, 0.4) is 0 Å². The highest BCUT2D eigenvalue weighted by atomic mass is 32.2. The van der Waals surface area contributed by atoms with Crippen LogP contribution in [0.5, 0.6) is 0 Å². The molecule has 0 radical (unpaired) electrons. The third kappa shape index (κ3) is 7.74. The molecule has 47 heavy (non-hydrogen) atoms. The molecule has 8 heteroatoms. The first-order chi connectivity index (χ1) is 22.0. The molecule has 0 saturated heterocycles. The lowest BCUT2D eigenvalue weighted by molar-refractivity contribution is 0.480. The second-order valence-corrected chi connectivity index (χ2v) is 15.5. The lowest BCUT2D eigenvalue weighted by atomic mass is 9.83. The van der Waals surface area contributed by atoms with E-state index in [2.05, 4.69) is 65.8 Å². The van der Waals surface area contributed by atoms with Gasteiger partial charge < -0.3 is 0 Å². The van der Waals surface area contributed by atoms with Gasteiger partial charge in [-0.25, -0.2) is 0 Å². The van der Waals surface area contributed by atoms with Gasteiger partial charge in [0.15, 0.2) is 0 Å². The summed E-state index contributed by atoms with van der Waals surface area (Å²) < 4.78 is 69.1. The van der Waals surface area contributed by atoms with Crippen molar-refractivity contribution in [3.63, 3.8) is 0 Å². The Kier molecular flexibility index (Phi) is 9.62. The van der Waals surface area contributed by atoms with Crippen molar-refractivity contribution in [2.45, 2.75) is 70.1 Å². The summed E-state index contributed by atoms with van der Waals surface area (Å²) in [6.07, 6.45) is 1.46. The second-order valence-electron chi connectivity index (χ2n) is 12.7. The summed E-state index contributed by atoms with van der Waals surface area (Å²) in [5, 5.41) is 0. The average Bonchev–Trinajstić information content (AvgIpc) is 2.97. The summed E-state index contributed by atoms with van der Waals surface area (Å²) >= 11 is 0. The van der Waals surface area contributed by atoms with E-state index in [-0.39, 0.29) is 5.56 Å². The molecule has 5 aromatic carbocycles. The van der Waals surface area contributed by atoms with E-state index in [9.17, 15) is 25.9 Å². The van der Waals surface area contributed by atoms with Gasteiger partial charge in [0.1, 0.15) is 0 Å². The molecular weight excluding hydrogens is 629 g/mol. The van der Waals surface area contributed by atoms with Gasteiger partial charge in [0.05, 0.1) is 9.79 Å². The molecule has 0 aliphatic rings. The van der Waals surface area contributed by atoms with Crippen molar-refractivity contribution in [3.05, 3.63) is 163 Å². The van der Waals surface area contributed by atoms with Crippen LogP contribution in [0, 0.1) is 41.5 Å². The predicted octanol–water partition coefficient (Wildman–Crippen LogP) is 8.39. The number of hydrogen-bond donors (Lipinski definition) is 2. The summed E-state index contributed by atoms with van der Waals surface area (Å²) in [6, 6.07) is 27.8. The van der Waals surface area contributed by atoms with Gasteiger partial charge in [-0.05, 0) is 128 Å². The fourth-order valence-corrected chi connectivity index (χ4v) is 8.07. The Morgan fingerprint density at radius 2 is 0.894 bits per heavy atom. The lowest BCUT2D eigenvalue weighted by Gasteiger charge is -2.22.